The summed E-state index contributed by atoms with van der Waals surface area (Å²) in [4.78, 5) is 0. The summed E-state index contributed by atoms with van der Waals surface area (Å²) < 4.78 is 13.1. The van der Waals surface area contributed by atoms with Crippen LogP contribution in [0.25, 0.3) is 0 Å². The van der Waals surface area contributed by atoms with Gasteiger partial charge in [0.25, 0.3) is 0 Å². The second-order valence-corrected chi connectivity index (χ2v) is 4.62. The van der Waals surface area contributed by atoms with E-state index in [0.29, 0.717) is 18.0 Å². The van der Waals surface area contributed by atoms with Gasteiger partial charge >= 0.3 is 0 Å². The fraction of sp³-hybridized carbons (Fsp3) is 0.500. The van der Waals surface area contributed by atoms with Gasteiger partial charge in [0.1, 0.15) is 5.82 Å². The zero-order valence-electron chi connectivity index (χ0n) is 8.49. The van der Waals surface area contributed by atoms with E-state index in [9.17, 15) is 4.39 Å². The summed E-state index contributed by atoms with van der Waals surface area (Å²) in [5.41, 5.74) is 7.21. The molecule has 2 fully saturated rings. The van der Waals surface area contributed by atoms with Crippen molar-refractivity contribution in [1.82, 2.24) is 5.32 Å². The minimum Gasteiger partial charge on any atom is -0.326 e. The Kier molecular flexibility index (Phi) is 2.04. The van der Waals surface area contributed by atoms with Gasteiger partial charge in [-0.15, -0.1) is 0 Å². The number of halogens is 1. The zero-order valence-corrected chi connectivity index (χ0v) is 8.49. The van der Waals surface area contributed by atoms with Crippen LogP contribution in [-0.2, 0) is 0 Å². The van der Waals surface area contributed by atoms with Crippen molar-refractivity contribution in [2.75, 3.05) is 0 Å². The summed E-state index contributed by atoms with van der Waals surface area (Å²) in [6.45, 7) is 0. The van der Waals surface area contributed by atoms with Crippen molar-refractivity contribution >= 4 is 0 Å². The fourth-order valence-electron chi connectivity index (χ4n) is 3.07. The second-order valence-electron chi connectivity index (χ2n) is 4.62. The summed E-state index contributed by atoms with van der Waals surface area (Å²) >= 11 is 0. The van der Waals surface area contributed by atoms with Crippen molar-refractivity contribution in [1.29, 1.82) is 0 Å². The van der Waals surface area contributed by atoms with E-state index in [0.717, 1.165) is 12.0 Å². The molecule has 0 aromatic heterocycles. The predicted octanol–water partition coefficient (Wildman–Crippen LogP) is 1.37. The minimum absolute atomic E-state index is 0.144. The second kappa shape index (κ2) is 3.29. The van der Waals surface area contributed by atoms with Crippen molar-refractivity contribution < 1.29 is 4.39 Å². The Morgan fingerprint density at radius 3 is 2.73 bits per heavy atom. The van der Waals surface area contributed by atoms with Crippen LogP contribution in [0.3, 0.4) is 0 Å². The minimum atomic E-state index is -0.164. The van der Waals surface area contributed by atoms with Crippen molar-refractivity contribution in [2.45, 2.75) is 36.9 Å². The largest absolute Gasteiger partial charge is 0.326 e. The number of hydrogen-bond acceptors (Lipinski definition) is 2. The monoisotopic (exact) mass is 206 g/mol. The molecule has 2 heterocycles. The molecule has 0 saturated carbocycles. The first-order valence-corrected chi connectivity index (χ1v) is 5.53. The van der Waals surface area contributed by atoms with Crippen LogP contribution in [0.2, 0.25) is 0 Å². The number of fused-ring (bicyclic) bond motifs is 2. The molecule has 4 atom stereocenters. The number of rotatable bonds is 1. The van der Waals surface area contributed by atoms with Crippen LogP contribution in [0, 0.1) is 5.82 Å². The van der Waals surface area contributed by atoms with Crippen LogP contribution in [0.15, 0.2) is 24.3 Å². The quantitative estimate of drug-likeness (QED) is 0.728. The van der Waals surface area contributed by atoms with E-state index in [2.05, 4.69) is 5.32 Å². The molecule has 0 radical (unpaired) electrons. The van der Waals surface area contributed by atoms with Gasteiger partial charge in [0, 0.05) is 24.0 Å². The summed E-state index contributed by atoms with van der Waals surface area (Å²) in [5.74, 6) is 0.127. The molecular formula is C12H15FN2. The Bertz CT molecular complexity index is 378. The fourth-order valence-corrected chi connectivity index (χ4v) is 3.07. The smallest absolute Gasteiger partial charge is 0.123 e. The Labute approximate surface area is 88.7 Å². The van der Waals surface area contributed by atoms with E-state index in [1.807, 2.05) is 6.07 Å². The standard InChI is InChI=1S/C12H15FN2/c13-8-3-1-2-7(6-8)11-9-4-5-10(15-9)12(11)14/h1-3,6,9-12,15H,4-5,14H2. The number of nitrogens with two attached hydrogens (primary N) is 1. The van der Waals surface area contributed by atoms with Gasteiger partial charge in [0.15, 0.2) is 0 Å². The molecule has 0 aliphatic carbocycles. The molecule has 3 heteroatoms. The molecule has 0 spiro atoms. The van der Waals surface area contributed by atoms with Crippen molar-refractivity contribution in [2.24, 2.45) is 5.73 Å². The molecule has 2 nitrogen and oxygen atoms in total. The molecule has 1 aromatic rings. The Balaban J connectivity index is 1.94. The summed E-state index contributed by atoms with van der Waals surface area (Å²) in [7, 11) is 0. The van der Waals surface area contributed by atoms with E-state index >= 15 is 0 Å². The van der Waals surface area contributed by atoms with Crippen LogP contribution >= 0.6 is 0 Å². The van der Waals surface area contributed by atoms with Crippen LogP contribution in [0.5, 0.6) is 0 Å². The highest BCUT2D eigenvalue weighted by molar-refractivity contribution is 5.29. The summed E-state index contributed by atoms with van der Waals surface area (Å²) in [6, 6.07) is 7.88. The van der Waals surface area contributed by atoms with E-state index < -0.39 is 0 Å². The topological polar surface area (TPSA) is 38.0 Å². The van der Waals surface area contributed by atoms with Gasteiger partial charge in [-0.05, 0) is 30.5 Å². The average molecular weight is 206 g/mol. The van der Waals surface area contributed by atoms with Gasteiger partial charge in [-0.1, -0.05) is 12.1 Å². The van der Waals surface area contributed by atoms with Crippen molar-refractivity contribution in [3.8, 4) is 0 Å². The molecule has 80 valence electrons. The Hall–Kier alpha value is -0.930. The van der Waals surface area contributed by atoms with Gasteiger partial charge in [-0.3, -0.25) is 0 Å². The highest BCUT2D eigenvalue weighted by Crippen LogP contribution is 2.39. The molecule has 3 rings (SSSR count). The van der Waals surface area contributed by atoms with E-state index in [4.69, 9.17) is 5.73 Å². The highest BCUT2D eigenvalue weighted by atomic mass is 19.1. The third-order valence-corrected chi connectivity index (χ3v) is 3.76. The summed E-state index contributed by atoms with van der Waals surface area (Å²) in [5, 5.41) is 3.50. The van der Waals surface area contributed by atoms with Crippen LogP contribution in [0.4, 0.5) is 4.39 Å². The number of nitrogens with one attached hydrogen (secondary N) is 1. The maximum Gasteiger partial charge on any atom is 0.123 e. The van der Waals surface area contributed by atoms with Gasteiger partial charge in [0.2, 0.25) is 0 Å². The molecule has 1 aromatic carbocycles. The number of hydrogen-bond donors (Lipinski definition) is 2. The third kappa shape index (κ3) is 1.38. The van der Waals surface area contributed by atoms with Crippen molar-refractivity contribution in [3.05, 3.63) is 35.6 Å². The third-order valence-electron chi connectivity index (χ3n) is 3.76. The molecular weight excluding hydrogens is 191 g/mol. The maximum absolute atomic E-state index is 13.1. The van der Waals surface area contributed by atoms with Gasteiger partial charge < -0.3 is 11.1 Å². The van der Waals surface area contributed by atoms with Crippen LogP contribution in [-0.4, -0.2) is 18.1 Å². The molecule has 0 amide bonds. The summed E-state index contributed by atoms with van der Waals surface area (Å²) in [6.07, 6.45) is 2.33. The Morgan fingerprint density at radius 1 is 1.27 bits per heavy atom. The normalized spacial score (nSPS) is 38.5. The van der Waals surface area contributed by atoms with Crippen molar-refractivity contribution in [3.63, 3.8) is 0 Å². The first-order valence-electron chi connectivity index (χ1n) is 5.53. The first kappa shape index (κ1) is 9.31. The highest BCUT2D eigenvalue weighted by Gasteiger charge is 2.45. The maximum atomic E-state index is 13.1. The van der Waals surface area contributed by atoms with Crippen LogP contribution < -0.4 is 11.1 Å². The van der Waals surface area contributed by atoms with E-state index in [-0.39, 0.29) is 11.9 Å². The first-order chi connectivity index (χ1) is 7.25. The molecule has 2 aliphatic rings. The Morgan fingerprint density at radius 2 is 2.07 bits per heavy atom. The van der Waals surface area contributed by atoms with Gasteiger partial charge in [-0.25, -0.2) is 4.39 Å². The lowest BCUT2D eigenvalue weighted by Gasteiger charge is -2.26. The molecule has 15 heavy (non-hydrogen) atoms. The average Bonchev–Trinajstić information content (AvgIpc) is 2.77. The van der Waals surface area contributed by atoms with E-state index in [1.54, 1.807) is 12.1 Å². The number of benzene rings is 1. The predicted molar refractivity (Wildman–Crippen MR) is 57.1 cm³/mol. The lowest BCUT2D eigenvalue weighted by atomic mass is 9.80. The molecule has 2 saturated heterocycles. The van der Waals surface area contributed by atoms with Gasteiger partial charge in [0.05, 0.1) is 0 Å². The zero-order chi connectivity index (χ0) is 10.4. The van der Waals surface area contributed by atoms with Crippen LogP contribution in [0.1, 0.15) is 24.3 Å². The lowest BCUT2D eigenvalue weighted by molar-refractivity contribution is 0.442. The van der Waals surface area contributed by atoms with E-state index in [1.165, 1.54) is 12.5 Å². The molecule has 2 bridgehead atoms. The lowest BCUT2D eigenvalue weighted by Crippen LogP contribution is -2.38. The SMILES string of the molecule is NC1C2CCC(N2)C1c1cccc(F)c1. The van der Waals surface area contributed by atoms with Gasteiger partial charge in [-0.2, -0.15) is 0 Å². The molecule has 4 unspecified atom stereocenters. The molecule has 2 aliphatic heterocycles. The molecule has 3 N–H and O–H groups in total.